The lowest BCUT2D eigenvalue weighted by Gasteiger charge is -2.15. The summed E-state index contributed by atoms with van der Waals surface area (Å²) in [7, 11) is 0. The van der Waals surface area contributed by atoms with Gasteiger partial charge in [-0.15, -0.1) is 0 Å². The van der Waals surface area contributed by atoms with Crippen LogP contribution >= 0.6 is 11.8 Å². The van der Waals surface area contributed by atoms with Gasteiger partial charge in [-0.1, -0.05) is 35.9 Å². The van der Waals surface area contributed by atoms with Gasteiger partial charge in [0.05, 0.1) is 12.5 Å². The van der Waals surface area contributed by atoms with Crippen LogP contribution in [0.2, 0.25) is 0 Å². The molecule has 25 heavy (non-hydrogen) atoms. The van der Waals surface area contributed by atoms with Crippen molar-refractivity contribution >= 4 is 34.6 Å². The Morgan fingerprint density at radius 2 is 1.92 bits per heavy atom. The lowest BCUT2D eigenvalue weighted by atomic mass is 10.1. The van der Waals surface area contributed by atoms with Gasteiger partial charge >= 0.3 is 0 Å². The maximum atomic E-state index is 12.5. The number of aromatic carboxylic acids is 1. The van der Waals surface area contributed by atoms with E-state index in [4.69, 9.17) is 0 Å². The third-order valence-electron chi connectivity index (χ3n) is 3.78. The molecule has 0 spiro atoms. The number of carbonyl (C=O) groups excluding carboxylic acids is 3. The van der Waals surface area contributed by atoms with Gasteiger partial charge in [-0.2, -0.15) is 0 Å². The van der Waals surface area contributed by atoms with Gasteiger partial charge in [0.25, 0.3) is 11.1 Å². The van der Waals surface area contributed by atoms with E-state index < -0.39 is 11.3 Å². The molecule has 128 valence electrons. The van der Waals surface area contributed by atoms with E-state index in [1.165, 1.54) is 12.1 Å². The molecule has 0 aromatic heterocycles. The summed E-state index contributed by atoms with van der Waals surface area (Å²) in [5.41, 5.74) is 2.42. The number of carbonyl (C=O) groups is 3. The van der Waals surface area contributed by atoms with Crippen LogP contribution in [0.5, 0.6) is 0 Å². The number of carboxylic acid groups (broad SMARTS) is 1. The Balaban J connectivity index is 1.72. The van der Waals surface area contributed by atoms with Crippen molar-refractivity contribution in [1.29, 1.82) is 0 Å². The lowest BCUT2D eigenvalue weighted by Crippen LogP contribution is -2.34. The maximum Gasteiger partial charge on any atom is 0.291 e. The number of rotatable bonds is 5. The fraction of sp³-hybridized carbons (Fsp3) is 0.167. The molecule has 0 unspecified atom stereocenters. The van der Waals surface area contributed by atoms with E-state index >= 15 is 0 Å². The molecule has 0 saturated carbocycles. The number of carboxylic acids is 1. The molecule has 1 aliphatic rings. The molecule has 1 saturated heterocycles. The lowest BCUT2D eigenvalue weighted by molar-refractivity contribution is -0.255. The van der Waals surface area contributed by atoms with Crippen molar-refractivity contribution in [2.45, 2.75) is 18.8 Å². The van der Waals surface area contributed by atoms with Gasteiger partial charge in [0.15, 0.2) is 5.37 Å². The minimum Gasteiger partial charge on any atom is -0.545 e. The monoisotopic (exact) mass is 355 g/mol. The van der Waals surface area contributed by atoms with Crippen LogP contribution in [-0.2, 0) is 11.3 Å². The summed E-state index contributed by atoms with van der Waals surface area (Å²) >= 11 is 0.908. The van der Waals surface area contributed by atoms with E-state index in [0.717, 1.165) is 27.9 Å². The Morgan fingerprint density at radius 3 is 2.60 bits per heavy atom. The zero-order chi connectivity index (χ0) is 18.0. The van der Waals surface area contributed by atoms with E-state index in [1.807, 2.05) is 31.2 Å². The van der Waals surface area contributed by atoms with Crippen molar-refractivity contribution in [1.82, 2.24) is 4.90 Å². The molecule has 2 amide bonds. The van der Waals surface area contributed by atoms with Gasteiger partial charge in [-0.3, -0.25) is 14.5 Å². The molecule has 0 radical (unpaired) electrons. The zero-order valence-electron chi connectivity index (χ0n) is 13.4. The van der Waals surface area contributed by atoms with Crippen molar-refractivity contribution < 1.29 is 19.5 Å². The minimum absolute atomic E-state index is 0.0126. The van der Waals surface area contributed by atoms with Gasteiger partial charge in [0.1, 0.15) is 0 Å². The number of nitrogens with zero attached hydrogens (tertiary/aromatic N) is 1. The highest BCUT2D eigenvalue weighted by atomic mass is 32.2. The molecule has 3 rings (SSSR count). The van der Waals surface area contributed by atoms with Crippen molar-refractivity contribution in [2.75, 3.05) is 5.32 Å². The second-order valence-corrected chi connectivity index (χ2v) is 6.74. The fourth-order valence-corrected chi connectivity index (χ4v) is 3.37. The first kappa shape index (κ1) is 17.0. The molecular formula is C18H15N2O4S-. The normalized spacial score (nSPS) is 17.0. The topological polar surface area (TPSA) is 89.5 Å². The Labute approximate surface area is 148 Å². The van der Waals surface area contributed by atoms with Crippen molar-refractivity contribution in [2.24, 2.45) is 0 Å². The molecule has 1 atom stereocenters. The molecule has 0 aliphatic carbocycles. The molecule has 1 heterocycles. The van der Waals surface area contributed by atoms with Crippen LogP contribution < -0.4 is 10.4 Å². The largest absolute Gasteiger partial charge is 0.545 e. The highest BCUT2D eigenvalue weighted by Crippen LogP contribution is 2.29. The van der Waals surface area contributed by atoms with Crippen molar-refractivity contribution in [3.05, 3.63) is 65.2 Å². The average Bonchev–Trinajstić information content (AvgIpc) is 2.85. The summed E-state index contributed by atoms with van der Waals surface area (Å²) in [5.74, 6) is -1.65. The van der Waals surface area contributed by atoms with Gasteiger partial charge in [-0.25, -0.2) is 0 Å². The quantitative estimate of drug-likeness (QED) is 0.882. The Bertz CT molecular complexity index is 835. The predicted octanol–water partition coefficient (Wildman–Crippen LogP) is 1.99. The van der Waals surface area contributed by atoms with Crippen LogP contribution in [0.4, 0.5) is 10.5 Å². The molecule has 1 fully saturated rings. The summed E-state index contributed by atoms with van der Waals surface area (Å²) in [6.45, 7) is 1.99. The maximum absolute atomic E-state index is 12.5. The first-order valence-corrected chi connectivity index (χ1v) is 8.47. The van der Waals surface area contributed by atoms with E-state index in [2.05, 4.69) is 5.32 Å². The number of imide groups is 1. The summed E-state index contributed by atoms with van der Waals surface area (Å²) in [5, 5.41) is 12.9. The standard InChI is InChI=1S/C18H16N2O4S/c1-11-5-7-14(8-6-11)19-15-16(21)20(18(24)25-15)10-12-3-2-4-13(9-12)17(22)23/h2-9,15,19H,10H2,1H3,(H,22,23)/p-1/t15-/m0/s1. The molecule has 7 heteroatoms. The van der Waals surface area contributed by atoms with Gasteiger partial charge in [-0.05, 0) is 48.0 Å². The fourth-order valence-electron chi connectivity index (χ4n) is 2.46. The smallest absolute Gasteiger partial charge is 0.291 e. The molecule has 2 aromatic carbocycles. The molecular weight excluding hydrogens is 340 g/mol. The second kappa shape index (κ2) is 6.98. The van der Waals surface area contributed by atoms with E-state index in [9.17, 15) is 19.5 Å². The van der Waals surface area contributed by atoms with Crippen LogP contribution in [-0.4, -0.2) is 27.4 Å². The summed E-state index contributed by atoms with van der Waals surface area (Å²) < 4.78 is 0. The SMILES string of the molecule is Cc1ccc(N[C@H]2SC(=O)N(Cc3cccc(C(=O)[O-])c3)C2=O)cc1. The highest BCUT2D eigenvalue weighted by Gasteiger charge is 2.39. The number of thioether (sulfide) groups is 1. The number of hydrogen-bond acceptors (Lipinski definition) is 6. The number of anilines is 1. The Morgan fingerprint density at radius 1 is 1.20 bits per heavy atom. The van der Waals surface area contributed by atoms with Crippen LogP contribution in [0.1, 0.15) is 21.5 Å². The van der Waals surface area contributed by atoms with Gasteiger partial charge < -0.3 is 15.2 Å². The summed E-state index contributed by atoms with van der Waals surface area (Å²) in [6, 6.07) is 13.6. The van der Waals surface area contributed by atoms with E-state index in [-0.39, 0.29) is 23.3 Å². The zero-order valence-corrected chi connectivity index (χ0v) is 14.2. The molecule has 1 N–H and O–H groups in total. The van der Waals surface area contributed by atoms with Crippen molar-refractivity contribution in [3.8, 4) is 0 Å². The summed E-state index contributed by atoms with van der Waals surface area (Å²) in [6.07, 6.45) is 0. The predicted molar refractivity (Wildman–Crippen MR) is 92.9 cm³/mol. The molecule has 2 aromatic rings. The van der Waals surface area contributed by atoms with E-state index in [1.54, 1.807) is 12.1 Å². The average molecular weight is 355 g/mol. The van der Waals surface area contributed by atoms with Crippen LogP contribution in [0.25, 0.3) is 0 Å². The van der Waals surface area contributed by atoms with Crippen LogP contribution in [0.3, 0.4) is 0 Å². The number of nitrogens with one attached hydrogen (secondary N) is 1. The highest BCUT2D eigenvalue weighted by molar-refractivity contribution is 8.15. The Hall–Kier alpha value is -2.80. The van der Waals surface area contributed by atoms with Gasteiger partial charge in [0.2, 0.25) is 0 Å². The first-order chi connectivity index (χ1) is 11.9. The first-order valence-electron chi connectivity index (χ1n) is 7.59. The minimum atomic E-state index is -1.30. The number of benzene rings is 2. The van der Waals surface area contributed by atoms with E-state index in [0.29, 0.717) is 5.56 Å². The second-order valence-electron chi connectivity index (χ2n) is 5.69. The molecule has 1 aliphatic heterocycles. The van der Waals surface area contributed by atoms with Crippen molar-refractivity contribution in [3.63, 3.8) is 0 Å². The Kier molecular flexibility index (Phi) is 4.76. The third kappa shape index (κ3) is 3.83. The number of aryl methyl sites for hydroxylation is 1. The molecule has 0 bridgehead atoms. The molecule has 6 nitrogen and oxygen atoms in total. The van der Waals surface area contributed by atoms with Crippen LogP contribution in [0.15, 0.2) is 48.5 Å². The summed E-state index contributed by atoms with van der Waals surface area (Å²) in [4.78, 5) is 36.7. The van der Waals surface area contributed by atoms with Crippen LogP contribution in [0, 0.1) is 6.92 Å². The number of amides is 2. The third-order valence-corrected chi connectivity index (χ3v) is 4.76. The number of hydrogen-bond donors (Lipinski definition) is 1. The van der Waals surface area contributed by atoms with Gasteiger partial charge in [0, 0.05) is 5.69 Å².